The molecule has 0 unspecified atom stereocenters. The van der Waals surface area contributed by atoms with Gasteiger partial charge in [0, 0.05) is 23.2 Å². The monoisotopic (exact) mass is 534 g/mol. The number of carboxylic acids is 1. The van der Waals surface area contributed by atoms with E-state index in [1.165, 1.54) is 12.3 Å². The number of halogens is 2. The molecule has 0 radical (unpaired) electrons. The highest BCUT2D eigenvalue weighted by molar-refractivity contribution is 6.37. The second-order valence-corrected chi connectivity index (χ2v) is 9.57. The molecule has 4 rings (SSSR count). The van der Waals surface area contributed by atoms with Crippen LogP contribution >= 0.6 is 23.2 Å². The number of benzene rings is 3. The Morgan fingerprint density at radius 3 is 2.22 bits per heavy atom. The molecule has 0 atom stereocenters. The lowest BCUT2D eigenvalue weighted by molar-refractivity contribution is -0.118. The number of aromatic carboxylic acids is 1. The summed E-state index contributed by atoms with van der Waals surface area (Å²) in [7, 11) is 0. The molecule has 0 spiro atoms. The fourth-order valence-corrected chi connectivity index (χ4v) is 4.48. The summed E-state index contributed by atoms with van der Waals surface area (Å²) in [6, 6.07) is 19.7. The highest BCUT2D eigenvalue weighted by Crippen LogP contribution is 2.32. The van der Waals surface area contributed by atoms with Crippen LogP contribution in [0.5, 0.6) is 5.75 Å². The van der Waals surface area contributed by atoms with Gasteiger partial charge in [0.2, 0.25) is 0 Å². The predicted octanol–water partition coefficient (Wildman–Crippen LogP) is 6.88. The normalized spacial score (nSPS) is 11.9. The average molecular weight is 535 g/mol. The van der Waals surface area contributed by atoms with E-state index in [2.05, 4.69) is 4.98 Å². The number of carbonyl (C=O) groups is 2. The van der Waals surface area contributed by atoms with Crippen molar-refractivity contribution in [3.05, 3.63) is 99.8 Å². The number of fused-ring (bicyclic) bond motifs is 1. The smallest absolute Gasteiger partial charge is 0.354 e. The molecule has 0 bridgehead atoms. The third kappa shape index (κ3) is 5.77. The standard InChI is InChI=1S/C29H24Cl2N2O4/c1-16(2)28(34)22(27(32)26-23(30)4-3-5-24(26)31)15-37-21-10-8-17-12-18(6-7-19(17)13-21)20-9-11-25(29(35)36)33-14-20/h3-14,16H,15,32H2,1-2H3,(H,35,36)/b27-22-. The van der Waals surface area contributed by atoms with Gasteiger partial charge in [-0.25, -0.2) is 9.78 Å². The van der Waals surface area contributed by atoms with Gasteiger partial charge in [-0.3, -0.25) is 4.79 Å². The van der Waals surface area contributed by atoms with Gasteiger partial charge in [-0.15, -0.1) is 0 Å². The second-order valence-electron chi connectivity index (χ2n) is 8.76. The molecule has 0 fully saturated rings. The van der Waals surface area contributed by atoms with Crippen molar-refractivity contribution in [1.82, 2.24) is 4.98 Å². The molecule has 0 saturated carbocycles. The first-order valence-electron chi connectivity index (χ1n) is 11.5. The Labute approximate surface area is 224 Å². The van der Waals surface area contributed by atoms with E-state index >= 15 is 0 Å². The Hall–Kier alpha value is -3.87. The summed E-state index contributed by atoms with van der Waals surface area (Å²) in [5, 5.41) is 11.6. The van der Waals surface area contributed by atoms with Gasteiger partial charge in [-0.05, 0) is 52.7 Å². The van der Waals surface area contributed by atoms with Crippen LogP contribution in [-0.2, 0) is 4.79 Å². The minimum atomic E-state index is -1.07. The topological polar surface area (TPSA) is 103 Å². The summed E-state index contributed by atoms with van der Waals surface area (Å²) in [5.41, 5.74) is 9.02. The summed E-state index contributed by atoms with van der Waals surface area (Å²) in [4.78, 5) is 28.0. The lowest BCUT2D eigenvalue weighted by Crippen LogP contribution is -2.21. The Morgan fingerprint density at radius 1 is 0.946 bits per heavy atom. The van der Waals surface area contributed by atoms with Gasteiger partial charge >= 0.3 is 5.97 Å². The van der Waals surface area contributed by atoms with Crippen molar-refractivity contribution in [2.45, 2.75) is 13.8 Å². The molecule has 188 valence electrons. The molecule has 1 aromatic heterocycles. The van der Waals surface area contributed by atoms with Crippen molar-refractivity contribution < 1.29 is 19.4 Å². The number of hydrogen-bond donors (Lipinski definition) is 2. The number of hydrogen-bond acceptors (Lipinski definition) is 5. The fourth-order valence-electron chi connectivity index (χ4n) is 3.88. The second kappa shape index (κ2) is 11.0. The number of carbonyl (C=O) groups excluding carboxylic acids is 1. The number of Topliss-reactive ketones (excluding diaryl/α,β-unsaturated/α-hetero) is 1. The van der Waals surface area contributed by atoms with Gasteiger partial charge in [-0.1, -0.05) is 67.4 Å². The molecule has 6 nitrogen and oxygen atoms in total. The molecule has 3 aromatic carbocycles. The number of nitrogens with two attached hydrogens (primary N) is 1. The predicted molar refractivity (Wildman–Crippen MR) is 147 cm³/mol. The van der Waals surface area contributed by atoms with E-state index < -0.39 is 5.97 Å². The minimum absolute atomic E-state index is 0.00635. The molecule has 0 aliphatic heterocycles. The number of carboxylic acid groups (broad SMARTS) is 1. The van der Waals surface area contributed by atoms with Crippen LogP contribution in [0, 0.1) is 5.92 Å². The molecule has 0 aliphatic rings. The number of nitrogens with zero attached hydrogens (tertiary/aromatic N) is 1. The van der Waals surface area contributed by atoms with E-state index in [9.17, 15) is 9.59 Å². The zero-order chi connectivity index (χ0) is 26.7. The lowest BCUT2D eigenvalue weighted by Gasteiger charge is -2.16. The zero-order valence-electron chi connectivity index (χ0n) is 20.2. The first-order valence-corrected chi connectivity index (χ1v) is 12.2. The van der Waals surface area contributed by atoms with E-state index in [4.69, 9.17) is 38.8 Å². The molecule has 0 aliphatic carbocycles. The van der Waals surface area contributed by atoms with Crippen molar-refractivity contribution >= 4 is 51.4 Å². The fraction of sp³-hybridized carbons (Fsp3) is 0.138. The maximum absolute atomic E-state index is 13.0. The van der Waals surface area contributed by atoms with Crippen LogP contribution in [0.2, 0.25) is 10.0 Å². The number of ether oxygens (including phenoxy) is 1. The van der Waals surface area contributed by atoms with Crippen LogP contribution in [0.15, 0.2) is 78.5 Å². The number of ketones is 1. The highest BCUT2D eigenvalue weighted by atomic mass is 35.5. The molecule has 3 N–H and O–H groups in total. The van der Waals surface area contributed by atoms with Crippen molar-refractivity contribution in [2.75, 3.05) is 6.61 Å². The molecular formula is C29H24Cl2N2O4. The van der Waals surface area contributed by atoms with Crippen molar-refractivity contribution in [3.8, 4) is 16.9 Å². The van der Waals surface area contributed by atoms with Gasteiger partial charge in [0.15, 0.2) is 5.78 Å². The first kappa shape index (κ1) is 26.2. The summed E-state index contributed by atoms with van der Waals surface area (Å²) in [6.07, 6.45) is 1.54. The zero-order valence-corrected chi connectivity index (χ0v) is 21.7. The molecule has 1 heterocycles. The van der Waals surface area contributed by atoms with Gasteiger partial charge in [-0.2, -0.15) is 0 Å². The highest BCUT2D eigenvalue weighted by Gasteiger charge is 2.22. The number of pyridine rings is 1. The molecular weight excluding hydrogens is 511 g/mol. The summed E-state index contributed by atoms with van der Waals surface area (Å²) in [6.45, 7) is 3.54. The Morgan fingerprint density at radius 2 is 1.59 bits per heavy atom. The Kier molecular flexibility index (Phi) is 7.81. The van der Waals surface area contributed by atoms with Crippen LogP contribution in [0.1, 0.15) is 29.9 Å². The van der Waals surface area contributed by atoms with E-state index in [0.717, 1.165) is 21.9 Å². The molecule has 37 heavy (non-hydrogen) atoms. The van der Waals surface area contributed by atoms with Crippen LogP contribution in [-0.4, -0.2) is 28.4 Å². The van der Waals surface area contributed by atoms with Gasteiger partial charge < -0.3 is 15.6 Å². The average Bonchev–Trinajstić information content (AvgIpc) is 2.88. The van der Waals surface area contributed by atoms with E-state index in [-0.39, 0.29) is 29.7 Å². The SMILES string of the molecule is CC(C)C(=O)/C(COc1ccc2cc(-c3ccc(C(=O)O)nc3)ccc2c1)=C(\N)c1c(Cl)cccc1Cl. The van der Waals surface area contributed by atoms with E-state index in [1.54, 1.807) is 38.1 Å². The largest absolute Gasteiger partial charge is 0.489 e. The number of aromatic nitrogens is 1. The molecule has 0 saturated heterocycles. The van der Waals surface area contributed by atoms with Crippen molar-refractivity contribution in [2.24, 2.45) is 11.7 Å². The maximum Gasteiger partial charge on any atom is 0.354 e. The summed E-state index contributed by atoms with van der Waals surface area (Å²) in [5.74, 6) is -0.948. The van der Waals surface area contributed by atoms with Gasteiger partial charge in [0.05, 0.1) is 21.3 Å². The van der Waals surface area contributed by atoms with Crippen LogP contribution in [0.4, 0.5) is 0 Å². The van der Waals surface area contributed by atoms with Crippen LogP contribution in [0.25, 0.3) is 27.6 Å². The number of rotatable bonds is 8. The summed E-state index contributed by atoms with van der Waals surface area (Å²) >= 11 is 12.7. The molecule has 8 heteroatoms. The van der Waals surface area contributed by atoms with E-state index in [0.29, 0.717) is 26.9 Å². The van der Waals surface area contributed by atoms with Crippen LogP contribution in [0.3, 0.4) is 0 Å². The Balaban J connectivity index is 1.61. The third-order valence-corrected chi connectivity index (χ3v) is 6.52. The maximum atomic E-state index is 13.0. The van der Waals surface area contributed by atoms with Gasteiger partial charge in [0.1, 0.15) is 18.1 Å². The van der Waals surface area contributed by atoms with Crippen LogP contribution < -0.4 is 10.5 Å². The van der Waals surface area contributed by atoms with E-state index in [1.807, 2.05) is 36.4 Å². The molecule has 0 amide bonds. The first-order chi connectivity index (χ1) is 17.7. The quantitative estimate of drug-likeness (QED) is 0.239. The minimum Gasteiger partial charge on any atom is -0.489 e. The van der Waals surface area contributed by atoms with Crippen molar-refractivity contribution in [3.63, 3.8) is 0 Å². The van der Waals surface area contributed by atoms with Gasteiger partial charge in [0.25, 0.3) is 0 Å². The molecule has 4 aromatic rings. The van der Waals surface area contributed by atoms with Crippen molar-refractivity contribution in [1.29, 1.82) is 0 Å². The lowest BCUT2D eigenvalue weighted by atomic mass is 9.97. The summed E-state index contributed by atoms with van der Waals surface area (Å²) < 4.78 is 6.01. The third-order valence-electron chi connectivity index (χ3n) is 5.89. The Bertz CT molecular complexity index is 1510.